The Kier molecular flexibility index (Phi) is 4.94. The van der Waals surface area contributed by atoms with E-state index in [1.807, 2.05) is 6.07 Å². The molecule has 0 aromatic heterocycles. The summed E-state index contributed by atoms with van der Waals surface area (Å²) in [6.07, 6.45) is 0. The molecule has 2 aromatic carbocycles. The van der Waals surface area contributed by atoms with Gasteiger partial charge in [-0.1, -0.05) is 42.5 Å². The average molecular weight is 369 g/mol. The van der Waals surface area contributed by atoms with E-state index in [4.69, 9.17) is 0 Å². The van der Waals surface area contributed by atoms with Gasteiger partial charge in [-0.2, -0.15) is 0 Å². The molecular weight excluding hydrogens is 349 g/mol. The van der Waals surface area contributed by atoms with E-state index in [-0.39, 0.29) is 12.4 Å². The molecular formula is C20H20FN3O3. The highest BCUT2D eigenvalue weighted by atomic mass is 19.1. The van der Waals surface area contributed by atoms with Crippen LogP contribution in [0.15, 0.2) is 48.5 Å². The van der Waals surface area contributed by atoms with Crippen LogP contribution >= 0.6 is 0 Å². The first-order chi connectivity index (χ1) is 12.8. The number of halogens is 1. The van der Waals surface area contributed by atoms with Crippen molar-refractivity contribution < 1.29 is 18.8 Å². The van der Waals surface area contributed by atoms with Crippen LogP contribution in [0, 0.1) is 12.7 Å². The molecule has 1 unspecified atom stereocenters. The Morgan fingerprint density at radius 3 is 2.56 bits per heavy atom. The Morgan fingerprint density at radius 2 is 1.89 bits per heavy atom. The van der Waals surface area contributed by atoms with Crippen LogP contribution in [0.3, 0.4) is 0 Å². The van der Waals surface area contributed by atoms with Gasteiger partial charge in [0.15, 0.2) is 0 Å². The summed E-state index contributed by atoms with van der Waals surface area (Å²) >= 11 is 0. The quantitative estimate of drug-likeness (QED) is 0.794. The predicted octanol–water partition coefficient (Wildman–Crippen LogP) is 2.22. The molecule has 1 heterocycles. The van der Waals surface area contributed by atoms with Crippen LogP contribution < -0.4 is 10.6 Å². The summed E-state index contributed by atoms with van der Waals surface area (Å²) in [5.74, 6) is -1.35. The standard InChI is InChI=1S/C20H20FN3O3/c1-13-8-9-14(10-16(13)21)11-22-17(25)12-24-18(26)20(2,23-19(24)27)15-6-4-3-5-7-15/h3-10H,11-12H2,1-2H3,(H,22,25)(H,23,27). The van der Waals surface area contributed by atoms with E-state index >= 15 is 0 Å². The van der Waals surface area contributed by atoms with Gasteiger partial charge in [-0.25, -0.2) is 9.18 Å². The van der Waals surface area contributed by atoms with E-state index in [9.17, 15) is 18.8 Å². The lowest BCUT2D eigenvalue weighted by atomic mass is 9.92. The molecule has 1 atom stereocenters. The zero-order valence-electron chi connectivity index (χ0n) is 15.1. The molecule has 0 spiro atoms. The minimum atomic E-state index is -1.21. The topological polar surface area (TPSA) is 78.5 Å². The zero-order chi connectivity index (χ0) is 19.6. The number of hydrogen-bond acceptors (Lipinski definition) is 3. The van der Waals surface area contributed by atoms with Crippen LogP contribution in [0.25, 0.3) is 0 Å². The molecule has 2 N–H and O–H groups in total. The first kappa shape index (κ1) is 18.6. The lowest BCUT2D eigenvalue weighted by molar-refractivity contribution is -0.134. The van der Waals surface area contributed by atoms with Gasteiger partial charge in [-0.3, -0.25) is 14.5 Å². The SMILES string of the molecule is Cc1ccc(CNC(=O)CN2C(=O)NC(C)(c3ccccc3)C2=O)cc1F. The first-order valence-corrected chi connectivity index (χ1v) is 8.52. The number of hydrogen-bond donors (Lipinski definition) is 2. The molecule has 4 amide bonds. The van der Waals surface area contributed by atoms with Gasteiger partial charge in [0.05, 0.1) is 0 Å². The third kappa shape index (κ3) is 3.67. The molecule has 0 saturated carbocycles. The van der Waals surface area contributed by atoms with Crippen molar-refractivity contribution in [3.8, 4) is 0 Å². The number of imide groups is 1. The van der Waals surface area contributed by atoms with Crippen molar-refractivity contribution in [2.45, 2.75) is 25.9 Å². The Balaban J connectivity index is 1.64. The maximum atomic E-state index is 13.6. The second-order valence-electron chi connectivity index (χ2n) is 6.67. The van der Waals surface area contributed by atoms with Crippen LogP contribution in [-0.4, -0.2) is 29.3 Å². The van der Waals surface area contributed by atoms with Crippen molar-refractivity contribution in [3.63, 3.8) is 0 Å². The summed E-state index contributed by atoms with van der Waals surface area (Å²) in [6, 6.07) is 12.9. The van der Waals surface area contributed by atoms with Gasteiger partial charge in [-0.05, 0) is 36.6 Å². The highest BCUT2D eigenvalue weighted by molar-refractivity contribution is 6.09. The van der Waals surface area contributed by atoms with Gasteiger partial charge < -0.3 is 10.6 Å². The summed E-state index contributed by atoms with van der Waals surface area (Å²) in [7, 11) is 0. The Morgan fingerprint density at radius 1 is 1.19 bits per heavy atom. The number of carbonyl (C=O) groups is 3. The monoisotopic (exact) mass is 369 g/mol. The fourth-order valence-electron chi connectivity index (χ4n) is 2.95. The minimum Gasteiger partial charge on any atom is -0.350 e. The van der Waals surface area contributed by atoms with Crippen LogP contribution in [-0.2, 0) is 21.7 Å². The van der Waals surface area contributed by atoms with Crippen LogP contribution in [0.1, 0.15) is 23.6 Å². The number of nitrogens with one attached hydrogen (secondary N) is 2. The van der Waals surface area contributed by atoms with E-state index in [2.05, 4.69) is 10.6 Å². The maximum Gasteiger partial charge on any atom is 0.325 e. The van der Waals surface area contributed by atoms with Gasteiger partial charge in [-0.15, -0.1) is 0 Å². The van der Waals surface area contributed by atoms with E-state index in [0.29, 0.717) is 16.7 Å². The van der Waals surface area contributed by atoms with Crippen molar-refractivity contribution in [2.24, 2.45) is 0 Å². The second-order valence-corrected chi connectivity index (χ2v) is 6.67. The van der Waals surface area contributed by atoms with Crippen molar-refractivity contribution in [3.05, 3.63) is 71.0 Å². The molecule has 6 nitrogen and oxygen atoms in total. The van der Waals surface area contributed by atoms with E-state index < -0.39 is 29.9 Å². The molecule has 7 heteroatoms. The zero-order valence-corrected chi connectivity index (χ0v) is 15.1. The van der Waals surface area contributed by atoms with Crippen molar-refractivity contribution in [1.82, 2.24) is 15.5 Å². The summed E-state index contributed by atoms with van der Waals surface area (Å²) in [6.45, 7) is 2.96. The van der Waals surface area contributed by atoms with Gasteiger partial charge in [0, 0.05) is 6.54 Å². The highest BCUT2D eigenvalue weighted by Crippen LogP contribution is 2.28. The van der Waals surface area contributed by atoms with Gasteiger partial charge in [0.2, 0.25) is 5.91 Å². The lowest BCUT2D eigenvalue weighted by Gasteiger charge is -2.22. The van der Waals surface area contributed by atoms with E-state index in [0.717, 1.165) is 4.90 Å². The smallest absolute Gasteiger partial charge is 0.325 e. The van der Waals surface area contributed by atoms with Gasteiger partial charge in [0.25, 0.3) is 5.91 Å². The molecule has 0 aliphatic carbocycles. The molecule has 1 aliphatic heterocycles. The lowest BCUT2D eigenvalue weighted by Crippen LogP contribution is -2.43. The van der Waals surface area contributed by atoms with Gasteiger partial charge >= 0.3 is 6.03 Å². The fourth-order valence-corrected chi connectivity index (χ4v) is 2.95. The molecule has 3 rings (SSSR count). The van der Waals surface area contributed by atoms with E-state index in [1.54, 1.807) is 50.2 Å². The molecule has 1 fully saturated rings. The largest absolute Gasteiger partial charge is 0.350 e. The number of rotatable bonds is 5. The summed E-state index contributed by atoms with van der Waals surface area (Å²) in [5.41, 5.74) is 0.544. The van der Waals surface area contributed by atoms with Crippen LogP contribution in [0.5, 0.6) is 0 Å². The maximum absolute atomic E-state index is 13.6. The Hall–Kier alpha value is -3.22. The van der Waals surface area contributed by atoms with Crippen molar-refractivity contribution in [2.75, 3.05) is 6.54 Å². The molecule has 140 valence electrons. The second kappa shape index (κ2) is 7.19. The summed E-state index contributed by atoms with van der Waals surface area (Å²) in [5, 5.41) is 5.25. The number of aryl methyl sites for hydroxylation is 1. The molecule has 0 bridgehead atoms. The van der Waals surface area contributed by atoms with Crippen LogP contribution in [0.2, 0.25) is 0 Å². The molecule has 1 saturated heterocycles. The number of nitrogens with zero attached hydrogens (tertiary/aromatic N) is 1. The van der Waals surface area contributed by atoms with E-state index in [1.165, 1.54) is 6.07 Å². The summed E-state index contributed by atoms with van der Waals surface area (Å²) in [4.78, 5) is 38.0. The number of amides is 4. The summed E-state index contributed by atoms with van der Waals surface area (Å²) < 4.78 is 13.6. The van der Waals surface area contributed by atoms with Crippen LogP contribution in [0.4, 0.5) is 9.18 Å². The highest BCUT2D eigenvalue weighted by Gasteiger charge is 2.49. The van der Waals surface area contributed by atoms with Gasteiger partial charge in [0.1, 0.15) is 17.9 Å². The number of benzene rings is 2. The third-order valence-corrected chi connectivity index (χ3v) is 4.65. The minimum absolute atomic E-state index is 0.107. The first-order valence-electron chi connectivity index (χ1n) is 8.52. The number of carbonyl (C=O) groups excluding carboxylic acids is 3. The molecule has 27 heavy (non-hydrogen) atoms. The van der Waals surface area contributed by atoms with Crippen molar-refractivity contribution in [1.29, 1.82) is 0 Å². The third-order valence-electron chi connectivity index (χ3n) is 4.65. The number of urea groups is 1. The Labute approximate surface area is 156 Å². The molecule has 2 aromatic rings. The normalized spacial score (nSPS) is 19.1. The predicted molar refractivity (Wildman–Crippen MR) is 97.0 cm³/mol. The Bertz CT molecular complexity index is 901. The average Bonchev–Trinajstić information content (AvgIpc) is 2.87. The van der Waals surface area contributed by atoms with Crippen molar-refractivity contribution >= 4 is 17.8 Å². The molecule has 0 radical (unpaired) electrons. The molecule has 1 aliphatic rings. The fraction of sp³-hybridized carbons (Fsp3) is 0.250.